The molecule has 0 radical (unpaired) electrons. The summed E-state index contributed by atoms with van der Waals surface area (Å²) in [6.07, 6.45) is 7.31. The lowest BCUT2D eigenvalue weighted by Gasteiger charge is -2.14. The van der Waals surface area contributed by atoms with E-state index in [9.17, 15) is 14.4 Å². The first-order valence-electron chi connectivity index (χ1n) is 13.7. The topological polar surface area (TPSA) is 112 Å². The van der Waals surface area contributed by atoms with E-state index in [-0.39, 0.29) is 31.8 Å². The second-order valence-electron chi connectivity index (χ2n) is 9.64. The Balaban J connectivity index is 1.52. The highest BCUT2D eigenvalue weighted by Gasteiger charge is 2.32. The number of rotatable bonds is 12. The summed E-state index contributed by atoms with van der Waals surface area (Å²) >= 11 is 0. The van der Waals surface area contributed by atoms with Gasteiger partial charge in [0.2, 0.25) is 0 Å². The number of amides is 2. The lowest BCUT2D eigenvalue weighted by molar-refractivity contribution is -0.727. The molecular formula is C30H37N4O6+. The maximum Gasteiger partial charge on any atom is 0.407 e. The Kier molecular flexibility index (Phi) is 10.1. The minimum atomic E-state index is -0.485. The maximum atomic E-state index is 12.4. The minimum absolute atomic E-state index is 0.0252. The highest BCUT2D eigenvalue weighted by Crippen LogP contribution is 2.39. The smallest absolute Gasteiger partial charge is 0.407 e. The fourth-order valence-corrected chi connectivity index (χ4v) is 4.75. The van der Waals surface area contributed by atoms with Crippen molar-refractivity contribution in [3.05, 3.63) is 89.0 Å². The van der Waals surface area contributed by atoms with Gasteiger partial charge in [-0.05, 0) is 37.5 Å². The van der Waals surface area contributed by atoms with E-state index >= 15 is 0 Å². The van der Waals surface area contributed by atoms with Crippen LogP contribution in [0.1, 0.15) is 71.8 Å². The molecular weight excluding hydrogens is 512 g/mol. The van der Waals surface area contributed by atoms with Crippen LogP contribution in [0.5, 0.6) is 0 Å². The molecule has 1 aliphatic heterocycles. The summed E-state index contributed by atoms with van der Waals surface area (Å²) in [6.45, 7) is 5.99. The Hall–Kier alpha value is -4.34. The van der Waals surface area contributed by atoms with Crippen molar-refractivity contribution in [2.24, 2.45) is 0 Å². The van der Waals surface area contributed by atoms with Gasteiger partial charge in [0.25, 0.3) is 6.73 Å². The van der Waals surface area contributed by atoms with E-state index in [1.807, 2.05) is 55.2 Å². The van der Waals surface area contributed by atoms with Crippen LogP contribution in [0.2, 0.25) is 0 Å². The van der Waals surface area contributed by atoms with Crippen molar-refractivity contribution in [1.82, 2.24) is 15.2 Å². The molecule has 2 aromatic heterocycles. The highest BCUT2D eigenvalue weighted by molar-refractivity contribution is 5.89. The average Bonchev–Trinajstić information content (AvgIpc) is 3.55. The fraction of sp³-hybridized carbons (Fsp3) is 0.400. The van der Waals surface area contributed by atoms with Gasteiger partial charge in [-0.1, -0.05) is 32.0 Å². The van der Waals surface area contributed by atoms with Crippen LogP contribution in [0, 0.1) is 0 Å². The van der Waals surface area contributed by atoms with Crippen LogP contribution in [0.25, 0.3) is 0 Å². The quantitative estimate of drug-likeness (QED) is 0.197. The van der Waals surface area contributed by atoms with Crippen LogP contribution in [0.3, 0.4) is 0 Å². The number of nitrogens with one attached hydrogen (secondary N) is 2. The molecule has 3 aromatic rings. The van der Waals surface area contributed by atoms with Crippen LogP contribution in [-0.4, -0.2) is 35.8 Å². The van der Waals surface area contributed by atoms with Gasteiger partial charge in [0.1, 0.15) is 13.2 Å². The highest BCUT2D eigenvalue weighted by atomic mass is 16.6. The third-order valence-corrected chi connectivity index (χ3v) is 6.69. The monoisotopic (exact) mass is 549 g/mol. The Morgan fingerprint density at radius 1 is 0.925 bits per heavy atom. The standard InChI is InChI=1S/C30H36N4O6/c1-3-13-31-29(36)38-19-24-18-34-16-12-25(27(34)26(24)20-39-30(37)32-14-4-2)23-11-8-15-33(17-23)21-40-28(35)22-9-6-5-7-10-22/h5-11,15,17-18,25H,3-4,12-14,16,19-21H2,1-2H3,(H-,31,32,36,37)/p+1. The summed E-state index contributed by atoms with van der Waals surface area (Å²) in [5.74, 6) is -0.362. The molecule has 0 aliphatic carbocycles. The van der Waals surface area contributed by atoms with E-state index in [4.69, 9.17) is 14.2 Å². The zero-order valence-electron chi connectivity index (χ0n) is 23.1. The van der Waals surface area contributed by atoms with E-state index in [2.05, 4.69) is 15.2 Å². The Bertz CT molecular complexity index is 1310. The molecule has 40 heavy (non-hydrogen) atoms. The molecule has 1 aliphatic rings. The van der Waals surface area contributed by atoms with Gasteiger partial charge in [-0.15, -0.1) is 0 Å². The van der Waals surface area contributed by atoms with Gasteiger partial charge in [0.05, 0.1) is 5.56 Å². The Labute approximate surface area is 234 Å². The molecule has 4 rings (SSSR count). The van der Waals surface area contributed by atoms with Crippen molar-refractivity contribution in [3.8, 4) is 0 Å². The number of carbonyl (C=O) groups excluding carboxylic acids is 3. The van der Waals surface area contributed by atoms with Gasteiger partial charge >= 0.3 is 18.2 Å². The number of esters is 1. The molecule has 0 saturated heterocycles. The number of aromatic nitrogens is 2. The van der Waals surface area contributed by atoms with Crippen molar-refractivity contribution in [1.29, 1.82) is 0 Å². The summed E-state index contributed by atoms with van der Waals surface area (Å²) in [6, 6.07) is 12.8. The van der Waals surface area contributed by atoms with E-state index < -0.39 is 12.2 Å². The summed E-state index contributed by atoms with van der Waals surface area (Å²) in [5, 5.41) is 5.45. The molecule has 0 spiro atoms. The molecule has 0 saturated carbocycles. The van der Waals surface area contributed by atoms with Crippen molar-refractivity contribution in [3.63, 3.8) is 0 Å². The molecule has 10 heteroatoms. The number of alkyl carbamates (subject to hydrolysis) is 2. The molecule has 2 amide bonds. The maximum absolute atomic E-state index is 12.4. The van der Waals surface area contributed by atoms with Crippen molar-refractivity contribution >= 4 is 18.2 Å². The van der Waals surface area contributed by atoms with E-state index in [0.717, 1.165) is 48.2 Å². The van der Waals surface area contributed by atoms with Gasteiger partial charge in [0, 0.05) is 60.2 Å². The number of hydrogen-bond donors (Lipinski definition) is 2. The van der Waals surface area contributed by atoms with Gasteiger partial charge in [0.15, 0.2) is 12.4 Å². The molecule has 0 bridgehead atoms. The van der Waals surface area contributed by atoms with E-state index in [0.29, 0.717) is 18.7 Å². The normalized spacial score (nSPS) is 13.8. The second kappa shape index (κ2) is 14.2. The number of nitrogens with zero attached hydrogens (tertiary/aromatic N) is 2. The Morgan fingerprint density at radius 3 is 2.33 bits per heavy atom. The lowest BCUT2D eigenvalue weighted by atomic mass is 9.93. The number of pyridine rings is 1. The summed E-state index contributed by atoms with van der Waals surface area (Å²) in [4.78, 5) is 36.7. The van der Waals surface area contributed by atoms with Crippen molar-refractivity contribution in [2.75, 3.05) is 13.1 Å². The predicted octanol–water partition coefficient (Wildman–Crippen LogP) is 4.40. The van der Waals surface area contributed by atoms with Gasteiger partial charge in [-0.25, -0.2) is 14.4 Å². The van der Waals surface area contributed by atoms with Crippen LogP contribution < -0.4 is 15.2 Å². The molecule has 1 atom stereocenters. The zero-order valence-corrected chi connectivity index (χ0v) is 23.1. The molecule has 212 valence electrons. The van der Waals surface area contributed by atoms with Crippen LogP contribution in [0.4, 0.5) is 9.59 Å². The second-order valence-corrected chi connectivity index (χ2v) is 9.64. The number of aryl methyl sites for hydroxylation is 1. The molecule has 10 nitrogen and oxygen atoms in total. The number of hydrogen-bond acceptors (Lipinski definition) is 6. The predicted molar refractivity (Wildman–Crippen MR) is 146 cm³/mol. The molecule has 3 heterocycles. The number of carbonyl (C=O) groups is 3. The van der Waals surface area contributed by atoms with Gasteiger partial charge < -0.3 is 29.4 Å². The van der Waals surface area contributed by atoms with E-state index in [1.165, 1.54) is 0 Å². The first kappa shape index (κ1) is 28.7. The zero-order chi connectivity index (χ0) is 28.3. The SMILES string of the molecule is CCCNC(=O)OCc1cn2c(c1COC(=O)NCCC)C(c1ccc[n+](COC(=O)c3ccccc3)c1)CC2. The Morgan fingerprint density at radius 2 is 1.62 bits per heavy atom. The summed E-state index contributed by atoms with van der Waals surface area (Å²) in [7, 11) is 0. The van der Waals surface area contributed by atoms with Gasteiger partial charge in [-0.3, -0.25) is 0 Å². The first-order valence-corrected chi connectivity index (χ1v) is 13.7. The average molecular weight is 550 g/mol. The minimum Gasteiger partial charge on any atom is -0.445 e. The number of ether oxygens (including phenoxy) is 3. The number of fused-ring (bicyclic) bond motifs is 1. The largest absolute Gasteiger partial charge is 0.445 e. The third kappa shape index (κ3) is 7.40. The molecule has 2 N–H and O–H groups in total. The molecule has 1 aromatic carbocycles. The lowest BCUT2D eigenvalue weighted by Crippen LogP contribution is -2.36. The summed E-state index contributed by atoms with van der Waals surface area (Å²) in [5.41, 5.74) is 4.20. The summed E-state index contributed by atoms with van der Waals surface area (Å²) < 4.78 is 20.5. The third-order valence-electron chi connectivity index (χ3n) is 6.69. The number of benzene rings is 1. The van der Waals surface area contributed by atoms with Gasteiger partial charge in [-0.2, -0.15) is 4.57 Å². The van der Waals surface area contributed by atoms with Crippen LogP contribution >= 0.6 is 0 Å². The van der Waals surface area contributed by atoms with Crippen molar-refractivity contribution < 1.29 is 33.2 Å². The van der Waals surface area contributed by atoms with Crippen molar-refractivity contribution in [2.45, 2.75) is 65.5 Å². The fourth-order valence-electron chi connectivity index (χ4n) is 4.75. The first-order chi connectivity index (χ1) is 19.5. The van der Waals surface area contributed by atoms with Crippen LogP contribution in [0.15, 0.2) is 61.1 Å². The van der Waals surface area contributed by atoms with Crippen LogP contribution in [-0.2, 0) is 40.7 Å². The van der Waals surface area contributed by atoms with E-state index in [1.54, 1.807) is 24.3 Å². The molecule has 1 unspecified atom stereocenters. The molecule has 0 fully saturated rings.